The predicted octanol–water partition coefficient (Wildman–Crippen LogP) is 8.06. The van der Waals surface area contributed by atoms with Gasteiger partial charge in [0.25, 0.3) is 0 Å². The molecule has 0 aliphatic heterocycles. The molecule has 240 valence electrons. The second-order valence-electron chi connectivity index (χ2n) is 13.3. The quantitative estimate of drug-likeness (QED) is 0.193. The zero-order chi connectivity index (χ0) is 30.3. The molecule has 2 aromatic rings. The molecule has 6 rings (SSSR count). The van der Waals surface area contributed by atoms with Crippen molar-refractivity contribution in [3.8, 4) is 0 Å². The van der Waals surface area contributed by atoms with Gasteiger partial charge in [0.15, 0.2) is 5.12 Å². The number of aromatic amines is 1. The van der Waals surface area contributed by atoms with Crippen LogP contribution in [0.2, 0.25) is 0 Å². The minimum Gasteiger partial charge on any atom is -0.481 e. The van der Waals surface area contributed by atoms with E-state index in [1.54, 1.807) is 6.07 Å². The van der Waals surface area contributed by atoms with Gasteiger partial charge in [0.05, 0.1) is 23.4 Å². The molecule has 1 aromatic heterocycles. The first-order valence-corrected chi connectivity index (χ1v) is 17.8. The molecule has 1 aromatic carbocycles. The molecule has 43 heavy (non-hydrogen) atoms. The highest BCUT2D eigenvalue weighted by Gasteiger charge is 2.24. The van der Waals surface area contributed by atoms with Crippen LogP contribution in [0.25, 0.3) is 11.0 Å². The number of benzene rings is 1. The number of hydrogen-bond donors (Lipinski definition) is 5. The Morgan fingerprint density at radius 2 is 1.12 bits per heavy atom. The summed E-state index contributed by atoms with van der Waals surface area (Å²) >= 11 is 3.70. The van der Waals surface area contributed by atoms with Crippen molar-refractivity contribution < 1.29 is 14.7 Å². The number of hydrogen-bond acceptors (Lipinski definition) is 5. The summed E-state index contributed by atoms with van der Waals surface area (Å²) in [5.41, 5.74) is 1.47. The molecule has 7 nitrogen and oxygen atoms in total. The van der Waals surface area contributed by atoms with Crippen molar-refractivity contribution in [2.24, 2.45) is 0 Å². The highest BCUT2D eigenvalue weighted by Crippen LogP contribution is 2.25. The van der Waals surface area contributed by atoms with Gasteiger partial charge in [0, 0.05) is 24.2 Å². The molecule has 4 saturated carbocycles. The second kappa shape index (κ2) is 18.8. The third kappa shape index (κ3) is 12.2. The standard InChI is InChI=1S/2C12H23N.C11H10N2O3S/c2*1-3-7-11(8-4-1)13-12-9-5-2-6-10-12;14-9(15)5-6(11(16)17)10-12-7-3-1-2-4-8(7)13-10/h2*11-13H,1-10H2;1-4,6H,5H2,(H,12,13)(H,14,15)(H,16,17). The van der Waals surface area contributed by atoms with Crippen LogP contribution in [-0.2, 0) is 9.59 Å². The fourth-order valence-electron chi connectivity index (χ4n) is 7.36. The number of H-pyrrole nitrogens is 1. The number of carbonyl (C=O) groups excluding carboxylic acids is 1. The first-order valence-electron chi connectivity index (χ1n) is 17.4. The van der Waals surface area contributed by atoms with Gasteiger partial charge in [0.2, 0.25) is 0 Å². The molecular formula is C35H56N4O3S. The Hall–Kier alpha value is -1.90. The minimum atomic E-state index is -1.06. The molecule has 0 amide bonds. The van der Waals surface area contributed by atoms with Crippen LogP contribution in [0.1, 0.15) is 147 Å². The van der Waals surface area contributed by atoms with Crippen molar-refractivity contribution in [2.45, 2.75) is 165 Å². The van der Waals surface area contributed by atoms with Crippen LogP contribution in [0, 0.1) is 0 Å². The molecule has 4 N–H and O–H groups in total. The van der Waals surface area contributed by atoms with Crippen LogP contribution < -0.4 is 10.6 Å². The average Bonchev–Trinajstić information content (AvgIpc) is 3.46. The Morgan fingerprint density at radius 1 is 0.721 bits per heavy atom. The van der Waals surface area contributed by atoms with Crippen molar-refractivity contribution in [1.82, 2.24) is 20.6 Å². The van der Waals surface area contributed by atoms with E-state index in [1.807, 2.05) is 18.2 Å². The summed E-state index contributed by atoms with van der Waals surface area (Å²) in [6, 6.07) is 10.7. The average molecular weight is 613 g/mol. The van der Waals surface area contributed by atoms with Crippen LogP contribution in [0.4, 0.5) is 0 Å². The first kappa shape index (κ1) is 34.0. The molecule has 0 bridgehead atoms. The van der Waals surface area contributed by atoms with E-state index >= 15 is 0 Å². The van der Waals surface area contributed by atoms with Crippen molar-refractivity contribution in [2.75, 3.05) is 0 Å². The van der Waals surface area contributed by atoms with Crippen molar-refractivity contribution in [3.63, 3.8) is 0 Å². The number of nitrogens with zero attached hydrogens (tertiary/aromatic N) is 1. The zero-order valence-corrected chi connectivity index (χ0v) is 27.1. The van der Waals surface area contributed by atoms with Crippen LogP contribution in [0.15, 0.2) is 24.3 Å². The van der Waals surface area contributed by atoms with Gasteiger partial charge in [-0.15, -0.1) is 12.6 Å². The Bertz CT molecular complexity index is 985. The maximum atomic E-state index is 11.3. The summed E-state index contributed by atoms with van der Waals surface area (Å²) in [7, 11) is 0. The number of fused-ring (bicyclic) bond motifs is 1. The van der Waals surface area contributed by atoms with E-state index in [0.717, 1.165) is 29.7 Å². The van der Waals surface area contributed by atoms with E-state index in [1.165, 1.54) is 128 Å². The summed E-state index contributed by atoms with van der Waals surface area (Å²) in [6.07, 6.45) is 28.8. The number of aromatic nitrogens is 2. The molecule has 0 spiro atoms. The molecule has 4 fully saturated rings. The summed E-state index contributed by atoms with van der Waals surface area (Å²) in [6.45, 7) is 0. The lowest BCUT2D eigenvalue weighted by atomic mass is 9.91. The zero-order valence-electron chi connectivity index (χ0n) is 26.2. The fourth-order valence-corrected chi connectivity index (χ4v) is 7.57. The van der Waals surface area contributed by atoms with Crippen molar-refractivity contribution in [1.29, 1.82) is 0 Å². The first-order chi connectivity index (χ1) is 21.0. The summed E-state index contributed by atoms with van der Waals surface area (Å²) in [5.74, 6) is -1.56. The van der Waals surface area contributed by atoms with Crippen LogP contribution in [0.5, 0.6) is 0 Å². The van der Waals surface area contributed by atoms with Gasteiger partial charge >= 0.3 is 5.97 Å². The van der Waals surface area contributed by atoms with E-state index in [2.05, 4.69) is 33.2 Å². The number of carbonyl (C=O) groups is 2. The second-order valence-corrected chi connectivity index (χ2v) is 13.7. The van der Waals surface area contributed by atoms with Gasteiger partial charge in [0.1, 0.15) is 5.82 Å². The molecule has 4 aliphatic carbocycles. The lowest BCUT2D eigenvalue weighted by molar-refractivity contribution is -0.138. The maximum Gasteiger partial charge on any atom is 0.304 e. The van der Waals surface area contributed by atoms with Gasteiger partial charge in [-0.05, 0) is 63.5 Å². The smallest absolute Gasteiger partial charge is 0.304 e. The summed E-state index contributed by atoms with van der Waals surface area (Å²) in [4.78, 5) is 29.1. The summed E-state index contributed by atoms with van der Waals surface area (Å²) < 4.78 is 0. The van der Waals surface area contributed by atoms with E-state index in [0.29, 0.717) is 11.3 Å². The van der Waals surface area contributed by atoms with E-state index < -0.39 is 17.0 Å². The van der Waals surface area contributed by atoms with E-state index in [9.17, 15) is 9.59 Å². The van der Waals surface area contributed by atoms with Gasteiger partial charge in [-0.1, -0.05) is 89.2 Å². The monoisotopic (exact) mass is 612 g/mol. The lowest BCUT2D eigenvalue weighted by Crippen LogP contribution is -2.40. The molecule has 4 aliphatic rings. The van der Waals surface area contributed by atoms with Gasteiger partial charge in [-0.25, -0.2) is 4.98 Å². The number of rotatable bonds is 8. The minimum absolute atomic E-state index is 0.317. The van der Waals surface area contributed by atoms with E-state index in [-0.39, 0.29) is 6.42 Å². The number of imidazole rings is 1. The topological polar surface area (TPSA) is 107 Å². The van der Waals surface area contributed by atoms with Crippen LogP contribution in [0.3, 0.4) is 0 Å². The van der Waals surface area contributed by atoms with Crippen LogP contribution in [-0.4, -0.2) is 50.3 Å². The SMILES string of the molecule is C1CCC(NC2CCCCC2)CC1.C1CCC(NC2CCCCC2)CC1.O=C(O)CC(C(=O)S)c1nc2ccccc2[nH]1. The van der Waals surface area contributed by atoms with Gasteiger partial charge in [-0.2, -0.15) is 0 Å². The highest BCUT2D eigenvalue weighted by molar-refractivity contribution is 7.96. The predicted molar refractivity (Wildman–Crippen MR) is 179 cm³/mol. The number of carboxylic acids is 1. The number of para-hydroxylation sites is 2. The Balaban J connectivity index is 0.000000150. The lowest BCUT2D eigenvalue weighted by Gasteiger charge is -2.30. The number of thiol groups is 1. The molecule has 0 radical (unpaired) electrons. The van der Waals surface area contributed by atoms with Crippen molar-refractivity contribution in [3.05, 3.63) is 30.1 Å². The third-order valence-corrected chi connectivity index (χ3v) is 10.1. The molecule has 0 saturated heterocycles. The number of carboxylic acid groups (broad SMARTS) is 1. The van der Waals surface area contributed by atoms with E-state index in [4.69, 9.17) is 5.11 Å². The fraction of sp³-hybridized carbons (Fsp3) is 0.743. The maximum absolute atomic E-state index is 11.3. The van der Waals surface area contributed by atoms with Crippen LogP contribution >= 0.6 is 12.6 Å². The highest BCUT2D eigenvalue weighted by atomic mass is 32.1. The number of nitrogens with one attached hydrogen (secondary N) is 3. The Kier molecular flexibility index (Phi) is 14.9. The Labute approximate surface area is 264 Å². The molecule has 1 atom stereocenters. The molecule has 1 unspecified atom stereocenters. The largest absolute Gasteiger partial charge is 0.481 e. The normalized spacial score (nSPS) is 21.7. The third-order valence-electron chi connectivity index (χ3n) is 9.78. The van der Waals surface area contributed by atoms with Crippen molar-refractivity contribution >= 4 is 34.7 Å². The molecular weight excluding hydrogens is 556 g/mol. The Morgan fingerprint density at radius 3 is 1.47 bits per heavy atom. The number of aliphatic carboxylic acids is 1. The van der Waals surface area contributed by atoms with Gasteiger partial charge in [-0.3, -0.25) is 9.59 Å². The molecule has 8 heteroatoms. The summed E-state index contributed by atoms with van der Waals surface area (Å²) in [5, 5.41) is 15.9. The van der Waals surface area contributed by atoms with Gasteiger partial charge < -0.3 is 20.7 Å². The molecule has 1 heterocycles.